The first-order valence-corrected chi connectivity index (χ1v) is 8.01. The molecule has 1 atom stereocenters. The molecular formula is C18H20N2O4. The summed E-state index contributed by atoms with van der Waals surface area (Å²) in [5, 5.41) is 20.1. The average molecular weight is 328 g/mol. The van der Waals surface area contributed by atoms with E-state index in [0.29, 0.717) is 18.0 Å². The number of hydrogen-bond acceptors (Lipinski definition) is 6. The summed E-state index contributed by atoms with van der Waals surface area (Å²) in [7, 11) is 3.12. The van der Waals surface area contributed by atoms with Crippen molar-refractivity contribution in [1.29, 1.82) is 0 Å². The second-order valence-electron chi connectivity index (χ2n) is 6.25. The van der Waals surface area contributed by atoms with E-state index < -0.39 is 0 Å². The molecule has 0 amide bonds. The Kier molecular flexibility index (Phi) is 3.49. The molecule has 2 N–H and O–H groups in total. The van der Waals surface area contributed by atoms with Crippen molar-refractivity contribution in [3.05, 3.63) is 40.6 Å². The first kappa shape index (κ1) is 15.1. The second-order valence-corrected chi connectivity index (χ2v) is 6.25. The molecule has 126 valence electrons. The maximum absolute atomic E-state index is 10.1. The van der Waals surface area contributed by atoms with Crippen molar-refractivity contribution >= 4 is 0 Å². The topological polar surface area (TPSA) is 75.0 Å². The Morgan fingerprint density at radius 2 is 2.00 bits per heavy atom. The highest BCUT2D eigenvalue weighted by molar-refractivity contribution is 5.52. The van der Waals surface area contributed by atoms with Gasteiger partial charge in [-0.1, -0.05) is 6.07 Å². The summed E-state index contributed by atoms with van der Waals surface area (Å²) in [5.74, 6) is 1.09. The van der Waals surface area contributed by atoms with Crippen molar-refractivity contribution in [3.8, 4) is 23.1 Å². The highest BCUT2D eigenvalue weighted by Gasteiger charge is 2.35. The van der Waals surface area contributed by atoms with E-state index in [4.69, 9.17) is 9.47 Å². The number of fused-ring (bicyclic) bond motifs is 4. The molecule has 6 heteroatoms. The molecule has 1 aromatic heterocycles. The Morgan fingerprint density at radius 1 is 1.17 bits per heavy atom. The van der Waals surface area contributed by atoms with E-state index in [1.807, 2.05) is 12.1 Å². The molecule has 1 aromatic carbocycles. The molecule has 0 unspecified atom stereocenters. The number of ether oxygens (including phenoxy) is 2. The van der Waals surface area contributed by atoms with Crippen LogP contribution in [-0.2, 0) is 19.4 Å². The van der Waals surface area contributed by atoms with Gasteiger partial charge in [0.15, 0.2) is 17.2 Å². The van der Waals surface area contributed by atoms with E-state index in [-0.39, 0.29) is 17.7 Å². The lowest BCUT2D eigenvalue weighted by molar-refractivity contribution is 0.152. The van der Waals surface area contributed by atoms with Crippen LogP contribution in [-0.4, -0.2) is 40.9 Å². The monoisotopic (exact) mass is 328 g/mol. The Hall–Kier alpha value is -2.47. The summed E-state index contributed by atoms with van der Waals surface area (Å²) in [5.41, 5.74) is 4.23. The first-order chi connectivity index (χ1) is 11.6. The number of pyridine rings is 1. The number of phenolic OH excluding ortho intramolecular Hbond substituents is 1. The Bertz CT molecular complexity index is 806. The van der Waals surface area contributed by atoms with Crippen LogP contribution in [0.15, 0.2) is 18.2 Å². The minimum absolute atomic E-state index is 0.0628. The molecule has 2 aromatic rings. The van der Waals surface area contributed by atoms with E-state index in [9.17, 15) is 10.2 Å². The van der Waals surface area contributed by atoms with Gasteiger partial charge in [0, 0.05) is 18.7 Å². The van der Waals surface area contributed by atoms with Crippen LogP contribution >= 0.6 is 0 Å². The normalized spacial score (nSPS) is 19.2. The third kappa shape index (κ3) is 2.17. The van der Waals surface area contributed by atoms with Crippen LogP contribution in [0.1, 0.15) is 28.4 Å². The van der Waals surface area contributed by atoms with Crippen LogP contribution < -0.4 is 9.47 Å². The van der Waals surface area contributed by atoms with Crippen LogP contribution in [0.5, 0.6) is 23.1 Å². The molecule has 24 heavy (non-hydrogen) atoms. The smallest absolute Gasteiger partial charge is 0.254 e. The second kappa shape index (κ2) is 5.56. The zero-order valence-corrected chi connectivity index (χ0v) is 13.7. The van der Waals surface area contributed by atoms with Gasteiger partial charge in [-0.05, 0) is 36.1 Å². The fraction of sp³-hybridized carbons (Fsp3) is 0.389. The van der Waals surface area contributed by atoms with Crippen LogP contribution in [0.3, 0.4) is 0 Å². The van der Waals surface area contributed by atoms with Gasteiger partial charge in [-0.3, -0.25) is 4.90 Å². The Labute approximate surface area is 140 Å². The number of phenols is 1. The zero-order chi connectivity index (χ0) is 16.8. The molecule has 3 heterocycles. The van der Waals surface area contributed by atoms with Crippen molar-refractivity contribution in [2.24, 2.45) is 0 Å². The molecule has 0 saturated carbocycles. The summed E-state index contributed by atoms with van der Waals surface area (Å²) in [6.45, 7) is 1.59. The van der Waals surface area contributed by atoms with Crippen LogP contribution in [0.4, 0.5) is 0 Å². The van der Waals surface area contributed by atoms with E-state index in [2.05, 4.69) is 9.88 Å². The van der Waals surface area contributed by atoms with E-state index in [1.54, 1.807) is 13.2 Å². The van der Waals surface area contributed by atoms with Gasteiger partial charge in [-0.15, -0.1) is 0 Å². The van der Waals surface area contributed by atoms with Crippen molar-refractivity contribution in [1.82, 2.24) is 9.88 Å². The molecule has 6 nitrogen and oxygen atoms in total. The van der Waals surface area contributed by atoms with Gasteiger partial charge in [0.1, 0.15) is 0 Å². The SMILES string of the molecule is COc1cc2c(nc1O)[C@@H]1Cc3ccc(O)c(OC)c3CN1CC2. The molecule has 2 aliphatic heterocycles. The van der Waals surface area contributed by atoms with Crippen LogP contribution in [0.25, 0.3) is 0 Å². The number of aromatic hydroxyl groups is 2. The molecule has 0 spiro atoms. The lowest BCUT2D eigenvalue weighted by atomic mass is 9.86. The van der Waals surface area contributed by atoms with E-state index in [0.717, 1.165) is 41.8 Å². The number of hydrogen-bond donors (Lipinski definition) is 2. The van der Waals surface area contributed by atoms with Crippen LogP contribution in [0, 0.1) is 0 Å². The quantitative estimate of drug-likeness (QED) is 0.880. The summed E-state index contributed by atoms with van der Waals surface area (Å²) in [6.07, 6.45) is 1.63. The van der Waals surface area contributed by atoms with Gasteiger partial charge >= 0.3 is 0 Å². The molecule has 2 aliphatic rings. The third-order valence-corrected chi connectivity index (χ3v) is 5.04. The van der Waals surface area contributed by atoms with E-state index >= 15 is 0 Å². The predicted molar refractivity (Wildman–Crippen MR) is 87.7 cm³/mol. The van der Waals surface area contributed by atoms with Gasteiger partial charge in [-0.2, -0.15) is 0 Å². The van der Waals surface area contributed by atoms with Gasteiger partial charge in [0.05, 0.1) is 26.0 Å². The highest BCUT2D eigenvalue weighted by atomic mass is 16.5. The average Bonchev–Trinajstić information content (AvgIpc) is 2.59. The largest absolute Gasteiger partial charge is 0.504 e. The molecule has 0 bridgehead atoms. The standard InChI is InChI=1S/C18H20N2O4/c1-23-15-8-11-5-6-20-9-12-10(3-4-14(21)17(12)24-2)7-13(20)16(11)19-18(15)22/h3-4,8,13,21H,5-7,9H2,1-2H3,(H,19,22)/t13-/m0/s1. The van der Waals surface area contributed by atoms with Crippen molar-refractivity contribution < 1.29 is 19.7 Å². The minimum atomic E-state index is -0.0628. The van der Waals surface area contributed by atoms with E-state index in [1.165, 1.54) is 7.11 Å². The van der Waals surface area contributed by atoms with Crippen LogP contribution in [0.2, 0.25) is 0 Å². The van der Waals surface area contributed by atoms with Crippen molar-refractivity contribution in [2.75, 3.05) is 20.8 Å². The Morgan fingerprint density at radius 3 is 2.75 bits per heavy atom. The molecule has 0 radical (unpaired) electrons. The summed E-state index contributed by atoms with van der Waals surface area (Å²) in [6, 6.07) is 5.63. The molecule has 4 rings (SSSR count). The molecular weight excluding hydrogens is 308 g/mol. The third-order valence-electron chi connectivity index (χ3n) is 5.04. The van der Waals surface area contributed by atoms with Gasteiger partial charge < -0.3 is 19.7 Å². The number of nitrogens with zero attached hydrogens (tertiary/aromatic N) is 2. The summed E-state index contributed by atoms with van der Waals surface area (Å²) in [4.78, 5) is 6.74. The molecule has 0 aliphatic carbocycles. The lowest BCUT2D eigenvalue weighted by Crippen LogP contribution is -2.40. The summed E-state index contributed by atoms with van der Waals surface area (Å²) < 4.78 is 10.6. The zero-order valence-electron chi connectivity index (χ0n) is 13.7. The lowest BCUT2D eigenvalue weighted by Gasteiger charge is -2.41. The maximum atomic E-state index is 10.1. The highest BCUT2D eigenvalue weighted by Crippen LogP contribution is 2.44. The minimum Gasteiger partial charge on any atom is -0.504 e. The summed E-state index contributed by atoms with van der Waals surface area (Å²) >= 11 is 0. The molecule has 0 saturated heterocycles. The number of rotatable bonds is 2. The number of methoxy groups -OCH3 is 2. The molecule has 0 fully saturated rings. The van der Waals surface area contributed by atoms with Gasteiger partial charge in [0.25, 0.3) is 5.88 Å². The first-order valence-electron chi connectivity index (χ1n) is 8.01. The van der Waals surface area contributed by atoms with Gasteiger partial charge in [0.2, 0.25) is 0 Å². The predicted octanol–water partition coefficient (Wildman–Crippen LogP) is 2.17. The van der Waals surface area contributed by atoms with Crippen molar-refractivity contribution in [2.45, 2.75) is 25.4 Å². The fourth-order valence-electron chi connectivity index (χ4n) is 3.84. The maximum Gasteiger partial charge on any atom is 0.254 e. The van der Waals surface area contributed by atoms with Gasteiger partial charge in [-0.25, -0.2) is 4.98 Å². The van der Waals surface area contributed by atoms with Crippen molar-refractivity contribution in [3.63, 3.8) is 0 Å². The Balaban J connectivity index is 1.77. The number of benzene rings is 1. The number of aromatic nitrogens is 1. The fourth-order valence-corrected chi connectivity index (χ4v) is 3.84.